The largest absolute Gasteiger partial charge is 0.456 e. The van der Waals surface area contributed by atoms with Crippen molar-refractivity contribution in [2.45, 2.75) is 13.2 Å². The van der Waals surface area contributed by atoms with Gasteiger partial charge in [0, 0.05) is 22.3 Å². The number of fused-ring (bicyclic) bond motifs is 4. The molecule has 10 aromatic rings. The fraction of sp³-hybridized carbons (Fsp3) is 0.0370. The standard InChI is InChI=1S/C54H38O4/c55-33-35-17-25-49(47(29-35)43-21-19-37-9-1-3-13-41(37)31-43)57-51-27-23-39-11-5-7-15-45(39)53(51)54-46-16-8-6-12-40(46)24-28-52(54)58-50-26-18-36(34-56)30-48(50)44-22-20-38-10-2-4-14-42(38)32-44/h1-32,55-56H,33-34H2. The number of aliphatic hydroxyl groups is 2. The number of hydrogen-bond donors (Lipinski definition) is 2. The van der Waals surface area contributed by atoms with Crippen molar-refractivity contribution in [2.24, 2.45) is 0 Å². The third kappa shape index (κ3) is 6.50. The molecule has 4 heteroatoms. The molecule has 0 saturated heterocycles. The zero-order valence-electron chi connectivity index (χ0n) is 31.6. The number of ether oxygens (including phenoxy) is 2. The van der Waals surface area contributed by atoms with Crippen LogP contribution in [0.5, 0.6) is 23.0 Å². The van der Waals surface area contributed by atoms with Crippen LogP contribution in [0.15, 0.2) is 194 Å². The Labute approximate surface area is 336 Å². The molecule has 0 aliphatic heterocycles. The first-order valence-corrected chi connectivity index (χ1v) is 19.5. The van der Waals surface area contributed by atoms with Crippen molar-refractivity contribution in [1.29, 1.82) is 0 Å². The number of benzene rings is 10. The molecule has 58 heavy (non-hydrogen) atoms. The summed E-state index contributed by atoms with van der Waals surface area (Å²) >= 11 is 0. The zero-order valence-corrected chi connectivity index (χ0v) is 31.6. The lowest BCUT2D eigenvalue weighted by molar-refractivity contribution is 0.281. The Hall–Kier alpha value is -7.24. The highest BCUT2D eigenvalue weighted by atomic mass is 16.5. The molecule has 278 valence electrons. The van der Waals surface area contributed by atoms with Crippen molar-refractivity contribution in [1.82, 2.24) is 0 Å². The van der Waals surface area contributed by atoms with E-state index in [1.54, 1.807) is 0 Å². The van der Waals surface area contributed by atoms with E-state index >= 15 is 0 Å². The van der Waals surface area contributed by atoms with Crippen molar-refractivity contribution in [2.75, 3.05) is 0 Å². The van der Waals surface area contributed by atoms with Crippen molar-refractivity contribution in [3.05, 3.63) is 205 Å². The van der Waals surface area contributed by atoms with E-state index in [9.17, 15) is 10.2 Å². The summed E-state index contributed by atoms with van der Waals surface area (Å²) in [5, 5.41) is 29.2. The van der Waals surface area contributed by atoms with Crippen LogP contribution < -0.4 is 9.47 Å². The predicted molar refractivity (Wildman–Crippen MR) is 238 cm³/mol. The smallest absolute Gasteiger partial charge is 0.136 e. The summed E-state index contributed by atoms with van der Waals surface area (Å²) in [4.78, 5) is 0. The minimum Gasteiger partial charge on any atom is -0.456 e. The van der Waals surface area contributed by atoms with Crippen LogP contribution in [0.25, 0.3) is 76.5 Å². The molecule has 4 nitrogen and oxygen atoms in total. The average molecular weight is 751 g/mol. The summed E-state index contributed by atoms with van der Waals surface area (Å²) in [5.74, 6) is 2.68. The van der Waals surface area contributed by atoms with E-state index in [0.717, 1.165) is 87.6 Å². The summed E-state index contributed by atoms with van der Waals surface area (Å²) in [7, 11) is 0. The van der Waals surface area contributed by atoms with Gasteiger partial charge in [-0.3, -0.25) is 0 Å². The highest BCUT2D eigenvalue weighted by molar-refractivity contribution is 6.10. The Bertz CT molecular complexity index is 2950. The zero-order chi connectivity index (χ0) is 39.0. The Morgan fingerprint density at radius 3 is 1.10 bits per heavy atom. The highest BCUT2D eigenvalue weighted by Crippen LogP contribution is 2.49. The Balaban J connectivity index is 1.17. The second kappa shape index (κ2) is 15.0. The maximum atomic E-state index is 10.2. The third-order valence-corrected chi connectivity index (χ3v) is 11.0. The molecule has 0 fully saturated rings. The van der Waals surface area contributed by atoms with E-state index < -0.39 is 0 Å². The van der Waals surface area contributed by atoms with Gasteiger partial charge in [0.05, 0.1) is 13.2 Å². The van der Waals surface area contributed by atoms with Gasteiger partial charge in [0.25, 0.3) is 0 Å². The monoisotopic (exact) mass is 750 g/mol. The van der Waals surface area contributed by atoms with Gasteiger partial charge >= 0.3 is 0 Å². The lowest BCUT2D eigenvalue weighted by Gasteiger charge is -2.21. The lowest BCUT2D eigenvalue weighted by Crippen LogP contribution is -1.97. The predicted octanol–water partition coefficient (Wildman–Crippen LogP) is 13.9. The molecule has 0 amide bonds. The van der Waals surface area contributed by atoms with Crippen LogP contribution in [0.3, 0.4) is 0 Å². The molecule has 0 aliphatic rings. The molecule has 10 rings (SSSR count). The van der Waals surface area contributed by atoms with Crippen LogP contribution in [0.4, 0.5) is 0 Å². The van der Waals surface area contributed by atoms with Gasteiger partial charge in [0.15, 0.2) is 0 Å². The van der Waals surface area contributed by atoms with Gasteiger partial charge in [-0.1, -0.05) is 146 Å². The topological polar surface area (TPSA) is 58.9 Å². The maximum absolute atomic E-state index is 10.2. The fourth-order valence-corrected chi connectivity index (χ4v) is 8.12. The first kappa shape index (κ1) is 35.2. The number of hydrogen-bond acceptors (Lipinski definition) is 4. The molecule has 0 unspecified atom stereocenters. The van der Waals surface area contributed by atoms with Crippen molar-refractivity contribution >= 4 is 43.1 Å². The van der Waals surface area contributed by atoms with E-state index in [-0.39, 0.29) is 13.2 Å². The Morgan fingerprint density at radius 2 is 0.672 bits per heavy atom. The molecule has 0 heterocycles. The highest BCUT2D eigenvalue weighted by Gasteiger charge is 2.22. The second-order valence-corrected chi connectivity index (χ2v) is 14.6. The molecule has 0 aliphatic carbocycles. The third-order valence-electron chi connectivity index (χ3n) is 11.0. The first-order valence-electron chi connectivity index (χ1n) is 19.5. The van der Waals surface area contributed by atoms with Crippen LogP contribution in [0, 0.1) is 0 Å². The quantitative estimate of drug-likeness (QED) is 0.154. The van der Waals surface area contributed by atoms with Crippen molar-refractivity contribution in [3.8, 4) is 56.4 Å². The van der Waals surface area contributed by atoms with Crippen molar-refractivity contribution in [3.63, 3.8) is 0 Å². The molecule has 0 spiro atoms. The number of rotatable bonds is 9. The van der Waals surface area contributed by atoms with Gasteiger partial charge in [-0.2, -0.15) is 0 Å². The van der Waals surface area contributed by atoms with E-state index in [1.807, 2.05) is 72.8 Å². The Morgan fingerprint density at radius 1 is 0.310 bits per heavy atom. The maximum Gasteiger partial charge on any atom is 0.136 e. The van der Waals surface area contributed by atoms with Gasteiger partial charge in [0.2, 0.25) is 0 Å². The van der Waals surface area contributed by atoms with Gasteiger partial charge in [-0.25, -0.2) is 0 Å². The van der Waals surface area contributed by atoms with Gasteiger partial charge in [-0.05, 0) is 114 Å². The molecule has 0 saturated carbocycles. The Kier molecular flexibility index (Phi) is 9.11. The normalized spacial score (nSPS) is 11.4. The average Bonchev–Trinajstić information content (AvgIpc) is 3.29. The number of aliphatic hydroxyl groups excluding tert-OH is 2. The minimum absolute atomic E-state index is 0.0841. The fourth-order valence-electron chi connectivity index (χ4n) is 8.12. The molecule has 0 bridgehead atoms. The van der Waals surface area contributed by atoms with Gasteiger partial charge < -0.3 is 19.7 Å². The van der Waals surface area contributed by atoms with E-state index in [2.05, 4.69) is 121 Å². The van der Waals surface area contributed by atoms with Crippen molar-refractivity contribution < 1.29 is 19.7 Å². The summed E-state index contributed by atoms with van der Waals surface area (Å²) in [6.07, 6.45) is 0. The van der Waals surface area contributed by atoms with Crippen LogP contribution in [0.2, 0.25) is 0 Å². The van der Waals surface area contributed by atoms with E-state index in [1.165, 1.54) is 0 Å². The first-order chi connectivity index (χ1) is 28.6. The molecular weight excluding hydrogens is 713 g/mol. The molecule has 0 radical (unpaired) electrons. The van der Waals surface area contributed by atoms with Crippen LogP contribution in [-0.4, -0.2) is 10.2 Å². The summed E-state index contributed by atoms with van der Waals surface area (Å²) in [6, 6.07) is 66.2. The SMILES string of the molecule is OCc1ccc(Oc2ccc3ccccc3c2-c2c(Oc3ccc(CO)cc3-c3ccc4ccccc4c3)ccc3ccccc23)c(-c2ccc3ccccc3c2)c1. The molecule has 0 aromatic heterocycles. The van der Waals surface area contributed by atoms with E-state index in [4.69, 9.17) is 9.47 Å². The summed E-state index contributed by atoms with van der Waals surface area (Å²) in [5.41, 5.74) is 7.16. The van der Waals surface area contributed by atoms with E-state index in [0.29, 0.717) is 23.0 Å². The van der Waals surface area contributed by atoms with Crippen LogP contribution >= 0.6 is 0 Å². The molecule has 0 atom stereocenters. The van der Waals surface area contributed by atoms with Crippen LogP contribution in [0.1, 0.15) is 11.1 Å². The molecule has 10 aromatic carbocycles. The van der Waals surface area contributed by atoms with Gasteiger partial charge in [0.1, 0.15) is 23.0 Å². The molecular formula is C54H38O4. The minimum atomic E-state index is -0.0841. The molecule has 2 N–H and O–H groups in total. The van der Waals surface area contributed by atoms with Gasteiger partial charge in [-0.15, -0.1) is 0 Å². The second-order valence-electron chi connectivity index (χ2n) is 14.6. The summed E-state index contributed by atoms with van der Waals surface area (Å²) < 4.78 is 14.2. The lowest BCUT2D eigenvalue weighted by atomic mass is 9.92. The summed E-state index contributed by atoms with van der Waals surface area (Å²) in [6.45, 7) is -0.168. The van der Waals surface area contributed by atoms with Crippen LogP contribution in [-0.2, 0) is 13.2 Å².